The van der Waals surface area contributed by atoms with Crippen molar-refractivity contribution in [2.24, 2.45) is 0 Å². The number of aliphatic hydroxyl groups is 1. The number of benzene rings is 2. The Bertz CT molecular complexity index is 1240. The number of rotatable bonds is 4. The standard InChI is InChI=1S/C22H17FN4OS/c23-17-6-5-13-3-1-2-4-15(13)19(17)20(28)16-11-18(14-7-9-24-10-8-14)29-21(16)22-25-12-26-27-22/h1-9,11-12,20,24,28H,10H2,(H,25,26,27). The number of hydrogen-bond donors (Lipinski definition) is 3. The quantitative estimate of drug-likeness (QED) is 0.471. The molecule has 144 valence electrons. The van der Waals surface area contributed by atoms with Gasteiger partial charge in [-0.2, -0.15) is 0 Å². The largest absolute Gasteiger partial charge is 0.387 e. The lowest BCUT2D eigenvalue weighted by molar-refractivity contribution is 0.217. The summed E-state index contributed by atoms with van der Waals surface area (Å²) in [7, 11) is 0. The van der Waals surface area contributed by atoms with Crippen LogP contribution in [0.25, 0.3) is 27.0 Å². The van der Waals surface area contributed by atoms with E-state index in [0.29, 0.717) is 16.8 Å². The third-order valence-corrected chi connectivity index (χ3v) is 6.19. The summed E-state index contributed by atoms with van der Waals surface area (Å²) in [5.74, 6) is 0.114. The summed E-state index contributed by atoms with van der Waals surface area (Å²) in [6.07, 6.45) is 6.30. The lowest BCUT2D eigenvalue weighted by Crippen LogP contribution is -2.07. The van der Waals surface area contributed by atoms with Crippen molar-refractivity contribution in [2.75, 3.05) is 6.54 Å². The van der Waals surface area contributed by atoms with E-state index in [9.17, 15) is 9.50 Å². The van der Waals surface area contributed by atoms with E-state index >= 15 is 0 Å². The van der Waals surface area contributed by atoms with Crippen molar-refractivity contribution in [3.05, 3.63) is 89.0 Å². The van der Waals surface area contributed by atoms with Crippen LogP contribution >= 0.6 is 11.3 Å². The summed E-state index contributed by atoms with van der Waals surface area (Å²) in [5.41, 5.74) is 1.92. The second kappa shape index (κ2) is 7.27. The summed E-state index contributed by atoms with van der Waals surface area (Å²) < 4.78 is 14.9. The van der Waals surface area contributed by atoms with Crippen molar-refractivity contribution in [1.82, 2.24) is 20.5 Å². The van der Waals surface area contributed by atoms with Gasteiger partial charge < -0.3 is 15.4 Å². The molecule has 1 aliphatic heterocycles. The van der Waals surface area contributed by atoms with Crippen LogP contribution in [-0.4, -0.2) is 26.8 Å². The number of allylic oxidation sites excluding steroid dienone is 2. The minimum absolute atomic E-state index is 0.267. The molecule has 29 heavy (non-hydrogen) atoms. The molecule has 2 aromatic carbocycles. The number of fused-ring (bicyclic) bond motifs is 1. The molecule has 0 saturated heterocycles. The monoisotopic (exact) mass is 404 g/mol. The lowest BCUT2D eigenvalue weighted by atomic mass is 9.95. The Kier molecular flexibility index (Phi) is 4.46. The number of aliphatic hydroxyl groups excluding tert-OH is 1. The van der Waals surface area contributed by atoms with Gasteiger partial charge in [0.05, 0.1) is 4.88 Å². The van der Waals surface area contributed by atoms with E-state index in [0.717, 1.165) is 27.3 Å². The number of aromatic amines is 1. The molecule has 5 nitrogen and oxygen atoms in total. The van der Waals surface area contributed by atoms with E-state index in [1.165, 1.54) is 23.7 Å². The first-order chi connectivity index (χ1) is 14.2. The van der Waals surface area contributed by atoms with Gasteiger partial charge in [0.25, 0.3) is 0 Å². The van der Waals surface area contributed by atoms with Crippen molar-refractivity contribution in [3.63, 3.8) is 0 Å². The van der Waals surface area contributed by atoms with Gasteiger partial charge in [-0.3, -0.25) is 0 Å². The lowest BCUT2D eigenvalue weighted by Gasteiger charge is -2.15. The van der Waals surface area contributed by atoms with Crippen LogP contribution in [0.15, 0.2) is 67.1 Å². The number of nitrogens with zero attached hydrogens (tertiary/aromatic N) is 2. The molecule has 3 heterocycles. The number of thiophene rings is 1. The van der Waals surface area contributed by atoms with Gasteiger partial charge in [-0.1, -0.05) is 36.4 Å². The molecule has 0 radical (unpaired) electrons. The molecule has 3 N–H and O–H groups in total. The molecule has 4 aromatic rings. The van der Waals surface area contributed by atoms with Gasteiger partial charge in [0.15, 0.2) is 5.82 Å². The maximum absolute atomic E-state index is 14.9. The molecule has 0 saturated carbocycles. The second-order valence-corrected chi connectivity index (χ2v) is 7.77. The fourth-order valence-corrected chi connectivity index (χ4v) is 4.75. The molecule has 0 aliphatic carbocycles. The van der Waals surface area contributed by atoms with Crippen LogP contribution in [0.4, 0.5) is 4.39 Å². The first-order valence-corrected chi connectivity index (χ1v) is 10.00. The maximum Gasteiger partial charge on any atom is 0.171 e. The Morgan fingerprint density at radius 1 is 1.17 bits per heavy atom. The Labute approximate surface area is 170 Å². The van der Waals surface area contributed by atoms with Crippen LogP contribution in [0, 0.1) is 5.82 Å². The van der Waals surface area contributed by atoms with Crippen LogP contribution in [0.1, 0.15) is 22.1 Å². The molecule has 2 aromatic heterocycles. The molecule has 1 atom stereocenters. The fourth-order valence-electron chi connectivity index (χ4n) is 3.59. The van der Waals surface area contributed by atoms with E-state index in [2.05, 4.69) is 26.6 Å². The number of dihydropyridines is 1. The van der Waals surface area contributed by atoms with Gasteiger partial charge in [0.2, 0.25) is 0 Å². The van der Waals surface area contributed by atoms with Gasteiger partial charge in [-0.15, -0.1) is 21.5 Å². The van der Waals surface area contributed by atoms with Crippen molar-refractivity contribution < 1.29 is 9.50 Å². The van der Waals surface area contributed by atoms with Gasteiger partial charge in [0, 0.05) is 22.5 Å². The van der Waals surface area contributed by atoms with E-state index in [-0.39, 0.29) is 5.56 Å². The SMILES string of the molecule is OC(c1cc(C2=CCNC=C2)sc1-c1nnc[nH]1)c1c(F)ccc2ccccc12. The number of hydrogen-bond acceptors (Lipinski definition) is 5. The van der Waals surface area contributed by atoms with Crippen molar-refractivity contribution in [1.29, 1.82) is 0 Å². The van der Waals surface area contributed by atoms with Crippen LogP contribution in [0.2, 0.25) is 0 Å². The maximum atomic E-state index is 14.9. The zero-order chi connectivity index (χ0) is 19.8. The predicted molar refractivity (Wildman–Crippen MR) is 113 cm³/mol. The Morgan fingerprint density at radius 2 is 2.07 bits per heavy atom. The van der Waals surface area contributed by atoms with E-state index in [4.69, 9.17) is 0 Å². The molecule has 0 fully saturated rings. The van der Waals surface area contributed by atoms with E-state index < -0.39 is 11.9 Å². The average molecular weight is 404 g/mol. The first kappa shape index (κ1) is 17.8. The Morgan fingerprint density at radius 3 is 2.86 bits per heavy atom. The third kappa shape index (κ3) is 3.14. The summed E-state index contributed by atoms with van der Waals surface area (Å²) in [6, 6.07) is 12.5. The highest BCUT2D eigenvalue weighted by Crippen LogP contribution is 2.42. The Hall–Kier alpha value is -3.29. The normalized spacial score (nSPS) is 14.6. The molecule has 1 unspecified atom stereocenters. The smallest absolute Gasteiger partial charge is 0.171 e. The highest BCUT2D eigenvalue weighted by molar-refractivity contribution is 7.16. The molecule has 0 bridgehead atoms. The third-order valence-electron chi connectivity index (χ3n) is 4.98. The summed E-state index contributed by atoms with van der Waals surface area (Å²) in [6.45, 7) is 0.733. The van der Waals surface area contributed by atoms with Crippen LogP contribution in [0.5, 0.6) is 0 Å². The minimum Gasteiger partial charge on any atom is -0.387 e. The van der Waals surface area contributed by atoms with E-state index in [1.54, 1.807) is 6.07 Å². The number of halogens is 1. The van der Waals surface area contributed by atoms with Gasteiger partial charge in [0.1, 0.15) is 18.2 Å². The summed E-state index contributed by atoms with van der Waals surface area (Å²) in [5, 5.41) is 24.0. The molecule has 1 aliphatic rings. The van der Waals surface area contributed by atoms with Gasteiger partial charge >= 0.3 is 0 Å². The van der Waals surface area contributed by atoms with Crippen molar-refractivity contribution in [3.8, 4) is 10.7 Å². The first-order valence-electron chi connectivity index (χ1n) is 9.18. The second-order valence-electron chi connectivity index (χ2n) is 6.72. The molecule has 7 heteroatoms. The minimum atomic E-state index is -1.14. The van der Waals surface area contributed by atoms with Crippen LogP contribution < -0.4 is 5.32 Å². The number of nitrogens with one attached hydrogen (secondary N) is 2. The van der Waals surface area contributed by atoms with Crippen molar-refractivity contribution in [2.45, 2.75) is 6.10 Å². The predicted octanol–water partition coefficient (Wildman–Crippen LogP) is 4.41. The van der Waals surface area contributed by atoms with Gasteiger partial charge in [-0.25, -0.2) is 4.39 Å². The van der Waals surface area contributed by atoms with Crippen LogP contribution in [-0.2, 0) is 0 Å². The number of H-pyrrole nitrogens is 1. The highest BCUT2D eigenvalue weighted by Gasteiger charge is 2.25. The van der Waals surface area contributed by atoms with E-state index in [1.807, 2.05) is 42.6 Å². The van der Waals surface area contributed by atoms with Gasteiger partial charge in [-0.05, 0) is 40.8 Å². The Balaban J connectivity index is 1.69. The molecule has 0 amide bonds. The molecule has 0 spiro atoms. The van der Waals surface area contributed by atoms with Crippen LogP contribution in [0.3, 0.4) is 0 Å². The zero-order valence-corrected chi connectivity index (χ0v) is 16.1. The topological polar surface area (TPSA) is 73.8 Å². The highest BCUT2D eigenvalue weighted by atomic mass is 32.1. The molecular weight excluding hydrogens is 387 g/mol. The summed E-state index contributed by atoms with van der Waals surface area (Å²) >= 11 is 1.49. The molecular formula is C22H17FN4OS. The number of aromatic nitrogens is 3. The zero-order valence-electron chi connectivity index (χ0n) is 15.3. The molecule has 5 rings (SSSR count). The summed E-state index contributed by atoms with van der Waals surface area (Å²) in [4.78, 5) is 4.72. The average Bonchev–Trinajstić information content (AvgIpc) is 3.44. The van der Waals surface area contributed by atoms with Crippen molar-refractivity contribution >= 4 is 27.7 Å². The fraction of sp³-hybridized carbons (Fsp3) is 0.0909.